The van der Waals surface area contributed by atoms with E-state index in [4.69, 9.17) is 9.05 Å². The number of aliphatic hydroxyl groups excluding tert-OH is 1. The first kappa shape index (κ1) is 80.0. The van der Waals surface area contributed by atoms with Crippen LogP contribution in [0.25, 0.3) is 0 Å². The van der Waals surface area contributed by atoms with Crippen LogP contribution in [0.15, 0.2) is 24.3 Å². The van der Waals surface area contributed by atoms with Crippen molar-refractivity contribution in [3.05, 3.63) is 24.3 Å². The number of phosphoric ester groups is 1. The molecular formula is C72H143N2O6P. The van der Waals surface area contributed by atoms with Crippen LogP contribution in [0.2, 0.25) is 0 Å². The maximum absolute atomic E-state index is 13.0. The van der Waals surface area contributed by atoms with Crippen LogP contribution in [-0.2, 0) is 18.4 Å². The van der Waals surface area contributed by atoms with E-state index in [-0.39, 0.29) is 19.1 Å². The minimum Gasteiger partial charge on any atom is -0.756 e. The van der Waals surface area contributed by atoms with E-state index in [0.29, 0.717) is 17.4 Å². The quantitative estimate of drug-likeness (QED) is 0.0272. The summed E-state index contributed by atoms with van der Waals surface area (Å²) in [5, 5.41) is 13.9. The van der Waals surface area contributed by atoms with Gasteiger partial charge in [0.25, 0.3) is 7.82 Å². The molecule has 0 rings (SSSR count). The smallest absolute Gasteiger partial charge is 0.268 e. The van der Waals surface area contributed by atoms with E-state index < -0.39 is 20.0 Å². The number of hydrogen-bond donors (Lipinski definition) is 2. The average Bonchev–Trinajstić information content (AvgIpc) is 3.43. The normalized spacial score (nSPS) is 13.7. The Labute approximate surface area is 506 Å². The number of amides is 1. The zero-order chi connectivity index (χ0) is 59.1. The highest BCUT2D eigenvalue weighted by molar-refractivity contribution is 7.45. The van der Waals surface area contributed by atoms with Crippen molar-refractivity contribution in [1.82, 2.24) is 5.32 Å². The van der Waals surface area contributed by atoms with Crippen LogP contribution in [0.1, 0.15) is 380 Å². The Morgan fingerprint density at radius 3 is 0.963 bits per heavy atom. The summed E-state index contributed by atoms with van der Waals surface area (Å²) < 4.78 is 23.4. The molecule has 0 saturated carbocycles. The van der Waals surface area contributed by atoms with Gasteiger partial charge < -0.3 is 28.8 Å². The zero-order valence-electron chi connectivity index (χ0n) is 55.3. The average molecular weight is 1160 g/mol. The molecule has 482 valence electrons. The van der Waals surface area contributed by atoms with Crippen LogP contribution in [0, 0.1) is 0 Å². The number of aliphatic hydroxyl groups is 1. The van der Waals surface area contributed by atoms with Crippen molar-refractivity contribution in [2.75, 3.05) is 40.9 Å². The summed E-state index contributed by atoms with van der Waals surface area (Å²) in [7, 11) is 1.28. The maximum atomic E-state index is 13.0. The van der Waals surface area contributed by atoms with Crippen molar-refractivity contribution in [3.8, 4) is 0 Å². The molecule has 0 aromatic carbocycles. The molecule has 0 bridgehead atoms. The number of allylic oxidation sites excluding steroid dienone is 3. The van der Waals surface area contributed by atoms with Crippen molar-refractivity contribution in [2.45, 2.75) is 392 Å². The van der Waals surface area contributed by atoms with Gasteiger partial charge in [-0.25, -0.2) is 0 Å². The fourth-order valence-corrected chi connectivity index (χ4v) is 12.0. The fraction of sp³-hybridized carbons (Fsp3) is 0.931. The molecule has 3 atom stereocenters. The lowest BCUT2D eigenvalue weighted by atomic mass is 10.0. The third kappa shape index (κ3) is 66.4. The van der Waals surface area contributed by atoms with E-state index in [2.05, 4.69) is 31.3 Å². The number of nitrogens with zero attached hydrogens (tertiary/aromatic N) is 1. The van der Waals surface area contributed by atoms with Gasteiger partial charge in [0.15, 0.2) is 0 Å². The topological polar surface area (TPSA) is 108 Å². The van der Waals surface area contributed by atoms with Crippen molar-refractivity contribution in [1.29, 1.82) is 0 Å². The number of carbonyl (C=O) groups is 1. The SMILES string of the molecule is CCCCCCCCCC/C=C\CCCCCCCCCCCCCCCCCCCCCCCCCCCCCCCC(=O)NC(COP(=O)([O-])OCC[N+](C)(C)C)C(O)/C=C/CCCCCCCCCCCCCCCCCC. The van der Waals surface area contributed by atoms with E-state index in [1.54, 1.807) is 6.08 Å². The Balaban J connectivity index is 3.86. The first-order chi connectivity index (χ1) is 39.5. The predicted molar refractivity (Wildman–Crippen MR) is 353 cm³/mol. The Bertz CT molecular complexity index is 1370. The number of likely N-dealkylation sites (N-methyl/N-ethyl adjacent to an activating group) is 1. The second-order valence-corrected chi connectivity index (χ2v) is 27.7. The minimum absolute atomic E-state index is 0.00224. The molecule has 8 nitrogen and oxygen atoms in total. The Kier molecular flexibility index (Phi) is 62.7. The number of hydrogen-bond acceptors (Lipinski definition) is 6. The maximum Gasteiger partial charge on any atom is 0.268 e. The van der Waals surface area contributed by atoms with E-state index in [1.165, 1.54) is 321 Å². The summed E-state index contributed by atoms with van der Waals surface area (Å²) in [6.07, 6.45) is 83.3. The van der Waals surface area contributed by atoms with Gasteiger partial charge in [0.1, 0.15) is 13.2 Å². The fourth-order valence-electron chi connectivity index (χ4n) is 11.3. The number of carbonyl (C=O) groups excluding carboxylic acids is 1. The van der Waals surface area contributed by atoms with Crippen LogP contribution < -0.4 is 10.2 Å². The Morgan fingerprint density at radius 2 is 0.679 bits per heavy atom. The van der Waals surface area contributed by atoms with Crippen molar-refractivity contribution < 1.29 is 32.9 Å². The van der Waals surface area contributed by atoms with Gasteiger partial charge in [-0.15, -0.1) is 0 Å². The highest BCUT2D eigenvalue weighted by Gasteiger charge is 2.23. The molecule has 0 spiro atoms. The number of unbranched alkanes of at least 4 members (excludes halogenated alkanes) is 53. The molecule has 0 aliphatic carbocycles. The van der Waals surface area contributed by atoms with Crippen molar-refractivity contribution >= 4 is 13.7 Å². The van der Waals surface area contributed by atoms with Crippen molar-refractivity contribution in [3.63, 3.8) is 0 Å². The lowest BCUT2D eigenvalue weighted by Crippen LogP contribution is -2.45. The van der Waals surface area contributed by atoms with Gasteiger partial charge in [-0.1, -0.05) is 353 Å². The third-order valence-electron chi connectivity index (χ3n) is 16.9. The molecule has 0 aromatic rings. The molecule has 3 unspecified atom stereocenters. The molecule has 0 saturated heterocycles. The van der Waals surface area contributed by atoms with E-state index in [9.17, 15) is 19.4 Å². The van der Waals surface area contributed by atoms with Gasteiger partial charge in [-0.3, -0.25) is 9.36 Å². The summed E-state index contributed by atoms with van der Waals surface area (Å²) in [6.45, 7) is 4.71. The highest BCUT2D eigenvalue weighted by atomic mass is 31.2. The van der Waals surface area contributed by atoms with Gasteiger partial charge in [-0.2, -0.15) is 0 Å². The van der Waals surface area contributed by atoms with Crippen LogP contribution >= 0.6 is 7.82 Å². The molecule has 0 fully saturated rings. The zero-order valence-corrected chi connectivity index (χ0v) is 56.2. The number of nitrogens with one attached hydrogen (secondary N) is 1. The van der Waals surface area contributed by atoms with Crippen LogP contribution in [-0.4, -0.2) is 68.5 Å². The van der Waals surface area contributed by atoms with Crippen molar-refractivity contribution in [2.24, 2.45) is 0 Å². The molecule has 1 amide bonds. The molecular weight excluding hydrogens is 1020 g/mol. The lowest BCUT2D eigenvalue weighted by molar-refractivity contribution is -0.870. The second kappa shape index (κ2) is 63.5. The standard InChI is InChI=1S/C72H143N2O6P/c1-6-8-10-12-14-16-18-20-22-24-26-27-28-29-30-31-32-33-34-35-36-37-38-39-40-41-42-43-44-45-46-47-48-50-52-54-56-58-60-62-64-66-72(76)73-70(69-80-81(77,78)79-68-67-74(3,4)5)71(75)65-63-61-59-57-55-53-51-49-25-23-21-19-17-15-13-11-9-7-2/h24,26,63,65,70-71,75H,6-23,25,27-62,64,66-69H2,1-5H3,(H-,73,76,77,78)/b26-24-,65-63+. The molecule has 81 heavy (non-hydrogen) atoms. The van der Waals surface area contributed by atoms with E-state index in [1.807, 2.05) is 27.2 Å². The van der Waals surface area contributed by atoms with E-state index in [0.717, 1.165) is 38.5 Å². The predicted octanol–water partition coefficient (Wildman–Crippen LogP) is 22.4. The van der Waals surface area contributed by atoms with Gasteiger partial charge in [0.2, 0.25) is 5.91 Å². The molecule has 0 aromatic heterocycles. The van der Waals surface area contributed by atoms with Gasteiger partial charge in [-0.05, 0) is 44.9 Å². The third-order valence-corrected chi connectivity index (χ3v) is 17.9. The van der Waals surface area contributed by atoms with Gasteiger partial charge in [0, 0.05) is 6.42 Å². The van der Waals surface area contributed by atoms with E-state index >= 15 is 0 Å². The Morgan fingerprint density at radius 1 is 0.420 bits per heavy atom. The van der Waals surface area contributed by atoms with Crippen LogP contribution in [0.3, 0.4) is 0 Å². The highest BCUT2D eigenvalue weighted by Crippen LogP contribution is 2.38. The second-order valence-electron chi connectivity index (χ2n) is 26.3. The van der Waals surface area contributed by atoms with Gasteiger partial charge in [0.05, 0.1) is 39.9 Å². The first-order valence-electron chi connectivity index (χ1n) is 36.2. The monoisotopic (exact) mass is 1160 g/mol. The first-order valence-corrected chi connectivity index (χ1v) is 37.7. The number of quaternary nitrogens is 1. The Hall–Kier alpha value is -1.02. The number of phosphoric acid groups is 1. The summed E-state index contributed by atoms with van der Waals surface area (Å²) in [5.41, 5.74) is 0. The molecule has 0 aliphatic rings. The molecule has 0 heterocycles. The van der Waals surface area contributed by atoms with Gasteiger partial charge >= 0.3 is 0 Å². The lowest BCUT2D eigenvalue weighted by Gasteiger charge is -2.29. The minimum atomic E-state index is -4.60. The summed E-state index contributed by atoms with van der Waals surface area (Å²) in [4.78, 5) is 25.6. The van der Waals surface area contributed by atoms with Crippen LogP contribution in [0.5, 0.6) is 0 Å². The summed E-state index contributed by atoms with van der Waals surface area (Å²) >= 11 is 0. The summed E-state index contributed by atoms with van der Waals surface area (Å²) in [5.74, 6) is -0.189. The van der Waals surface area contributed by atoms with Crippen LogP contribution in [0.4, 0.5) is 0 Å². The molecule has 2 N–H and O–H groups in total. The largest absolute Gasteiger partial charge is 0.756 e. The molecule has 0 aliphatic heterocycles. The number of rotatable bonds is 68. The molecule has 9 heteroatoms. The molecule has 0 radical (unpaired) electrons. The summed E-state index contributed by atoms with van der Waals surface area (Å²) in [6, 6.07) is -0.884.